The van der Waals surface area contributed by atoms with E-state index in [0.717, 1.165) is 5.56 Å². The first kappa shape index (κ1) is 14.0. The molecule has 1 saturated heterocycles. The maximum Gasteiger partial charge on any atom is 0.225 e. The van der Waals surface area contributed by atoms with E-state index < -0.39 is 0 Å². The molecule has 1 aromatic rings. The van der Waals surface area contributed by atoms with E-state index in [9.17, 15) is 9.18 Å². The van der Waals surface area contributed by atoms with Crippen LogP contribution in [0.1, 0.15) is 32.4 Å². The summed E-state index contributed by atoms with van der Waals surface area (Å²) in [7, 11) is 0. The molecule has 0 N–H and O–H groups in total. The second-order valence-corrected chi connectivity index (χ2v) is 5.38. The van der Waals surface area contributed by atoms with Gasteiger partial charge in [-0.25, -0.2) is 4.39 Å². The van der Waals surface area contributed by atoms with Gasteiger partial charge in [-0.2, -0.15) is 0 Å². The molecular weight excluding hydrogens is 245 g/mol. The van der Waals surface area contributed by atoms with Crippen molar-refractivity contribution >= 4 is 5.91 Å². The molecule has 1 fully saturated rings. The summed E-state index contributed by atoms with van der Waals surface area (Å²) >= 11 is 0. The molecule has 1 aromatic carbocycles. The number of hydrogen-bond acceptors (Lipinski definition) is 2. The molecule has 0 radical (unpaired) electrons. The zero-order valence-electron chi connectivity index (χ0n) is 11.6. The van der Waals surface area contributed by atoms with Crippen molar-refractivity contribution in [3.63, 3.8) is 0 Å². The summed E-state index contributed by atoms with van der Waals surface area (Å²) < 4.78 is 18.8. The Bertz CT molecular complexity index is 444. The number of ether oxygens (including phenoxy) is 1. The van der Waals surface area contributed by atoms with E-state index in [-0.39, 0.29) is 29.9 Å². The molecule has 1 heterocycles. The summed E-state index contributed by atoms with van der Waals surface area (Å²) in [5, 5.41) is 0. The lowest BCUT2D eigenvalue weighted by molar-refractivity contribution is -0.148. The molecule has 3 nitrogen and oxygen atoms in total. The maximum absolute atomic E-state index is 12.9. The monoisotopic (exact) mass is 265 g/mol. The summed E-state index contributed by atoms with van der Waals surface area (Å²) in [6.07, 6.45) is -0.182. The van der Waals surface area contributed by atoms with E-state index in [1.165, 1.54) is 12.1 Å². The van der Waals surface area contributed by atoms with Crippen molar-refractivity contribution in [1.82, 2.24) is 4.90 Å². The highest BCUT2D eigenvalue weighted by atomic mass is 19.1. The van der Waals surface area contributed by atoms with Gasteiger partial charge in [0.05, 0.1) is 12.6 Å². The topological polar surface area (TPSA) is 29.5 Å². The largest absolute Gasteiger partial charge is 0.367 e. The highest BCUT2D eigenvalue weighted by Gasteiger charge is 2.30. The van der Waals surface area contributed by atoms with Crippen LogP contribution in [-0.2, 0) is 9.53 Å². The second-order valence-electron chi connectivity index (χ2n) is 5.38. The first-order valence-electron chi connectivity index (χ1n) is 6.67. The maximum atomic E-state index is 12.9. The van der Waals surface area contributed by atoms with Gasteiger partial charge in [0.25, 0.3) is 0 Å². The molecule has 1 aliphatic heterocycles. The summed E-state index contributed by atoms with van der Waals surface area (Å²) in [4.78, 5) is 13.9. The fraction of sp³-hybridized carbons (Fsp3) is 0.533. The van der Waals surface area contributed by atoms with Crippen molar-refractivity contribution in [2.45, 2.75) is 33.0 Å². The number of nitrogens with zero attached hydrogens (tertiary/aromatic N) is 1. The van der Waals surface area contributed by atoms with Crippen LogP contribution in [0.5, 0.6) is 0 Å². The predicted molar refractivity (Wildman–Crippen MR) is 71.1 cm³/mol. The molecule has 0 aliphatic carbocycles. The number of amides is 1. The number of carbonyl (C=O) groups excluding carboxylic acids is 1. The minimum absolute atomic E-state index is 0.00787. The van der Waals surface area contributed by atoms with Gasteiger partial charge in [-0.05, 0) is 24.6 Å². The molecule has 1 aliphatic rings. The van der Waals surface area contributed by atoms with Crippen molar-refractivity contribution in [2.24, 2.45) is 5.92 Å². The first-order valence-corrected chi connectivity index (χ1v) is 6.67. The van der Waals surface area contributed by atoms with Gasteiger partial charge in [-0.3, -0.25) is 4.79 Å². The van der Waals surface area contributed by atoms with E-state index in [1.54, 1.807) is 12.1 Å². The fourth-order valence-corrected chi connectivity index (χ4v) is 2.36. The van der Waals surface area contributed by atoms with Crippen LogP contribution in [0.4, 0.5) is 4.39 Å². The van der Waals surface area contributed by atoms with Crippen LogP contribution in [-0.4, -0.2) is 30.0 Å². The van der Waals surface area contributed by atoms with Gasteiger partial charge in [0.1, 0.15) is 11.9 Å². The van der Waals surface area contributed by atoms with Gasteiger partial charge in [-0.1, -0.05) is 26.0 Å². The Morgan fingerprint density at radius 3 is 2.53 bits per heavy atom. The quantitative estimate of drug-likeness (QED) is 0.823. The van der Waals surface area contributed by atoms with Crippen molar-refractivity contribution in [2.75, 3.05) is 13.1 Å². The Labute approximate surface area is 113 Å². The normalized spacial score (nSPS) is 23.7. The molecule has 0 aromatic heterocycles. The van der Waals surface area contributed by atoms with Gasteiger partial charge < -0.3 is 9.64 Å². The lowest BCUT2D eigenvalue weighted by Gasteiger charge is -2.37. The van der Waals surface area contributed by atoms with Crippen molar-refractivity contribution in [3.8, 4) is 0 Å². The number of benzene rings is 1. The average Bonchev–Trinajstić information content (AvgIpc) is 2.37. The number of hydrogen-bond donors (Lipinski definition) is 0. The molecule has 2 atom stereocenters. The summed E-state index contributed by atoms with van der Waals surface area (Å²) in [5.74, 6) is -0.135. The SMILES string of the molecule is CC1CN(C(=O)C(C)C)CC(c2ccc(F)cc2)O1. The number of rotatable bonds is 2. The average molecular weight is 265 g/mol. The van der Waals surface area contributed by atoms with Gasteiger partial charge in [-0.15, -0.1) is 0 Å². The third-order valence-electron chi connectivity index (χ3n) is 3.31. The fourth-order valence-electron chi connectivity index (χ4n) is 2.36. The van der Waals surface area contributed by atoms with Gasteiger partial charge in [0.2, 0.25) is 5.91 Å². The molecule has 0 bridgehead atoms. The first-order chi connectivity index (χ1) is 8.97. The van der Waals surface area contributed by atoms with Crippen molar-refractivity contribution in [1.29, 1.82) is 0 Å². The van der Waals surface area contributed by atoms with Crippen LogP contribution in [0.15, 0.2) is 24.3 Å². The van der Waals surface area contributed by atoms with E-state index in [0.29, 0.717) is 13.1 Å². The van der Waals surface area contributed by atoms with Crippen LogP contribution >= 0.6 is 0 Å². The molecule has 104 valence electrons. The number of carbonyl (C=O) groups is 1. The van der Waals surface area contributed by atoms with E-state index in [4.69, 9.17) is 4.74 Å². The standard InChI is InChI=1S/C15H20FNO2/c1-10(2)15(18)17-8-11(3)19-14(9-17)12-4-6-13(16)7-5-12/h4-7,10-11,14H,8-9H2,1-3H3. The zero-order valence-corrected chi connectivity index (χ0v) is 11.6. The molecule has 1 amide bonds. The van der Waals surface area contributed by atoms with Gasteiger partial charge in [0, 0.05) is 12.5 Å². The lowest BCUT2D eigenvalue weighted by atomic mass is 10.0. The zero-order chi connectivity index (χ0) is 14.0. The Morgan fingerprint density at radius 1 is 1.32 bits per heavy atom. The Morgan fingerprint density at radius 2 is 1.95 bits per heavy atom. The highest BCUT2D eigenvalue weighted by Crippen LogP contribution is 2.26. The van der Waals surface area contributed by atoms with Crippen LogP contribution in [0, 0.1) is 11.7 Å². The lowest BCUT2D eigenvalue weighted by Crippen LogP contribution is -2.47. The number of halogens is 1. The van der Waals surface area contributed by atoms with Crippen LogP contribution in [0.2, 0.25) is 0 Å². The molecule has 4 heteroatoms. The van der Waals surface area contributed by atoms with Crippen molar-refractivity contribution in [3.05, 3.63) is 35.6 Å². The molecule has 2 unspecified atom stereocenters. The van der Waals surface area contributed by atoms with E-state index in [1.807, 2.05) is 25.7 Å². The third kappa shape index (κ3) is 3.32. The van der Waals surface area contributed by atoms with Gasteiger partial charge in [0.15, 0.2) is 0 Å². The second kappa shape index (κ2) is 5.70. The summed E-state index contributed by atoms with van der Waals surface area (Å²) in [5.41, 5.74) is 0.912. The Balaban J connectivity index is 2.13. The molecule has 0 spiro atoms. The molecular formula is C15H20FNO2. The third-order valence-corrected chi connectivity index (χ3v) is 3.31. The van der Waals surface area contributed by atoms with E-state index in [2.05, 4.69) is 0 Å². The van der Waals surface area contributed by atoms with Crippen LogP contribution < -0.4 is 0 Å². The molecule has 0 saturated carbocycles. The molecule has 2 rings (SSSR count). The van der Waals surface area contributed by atoms with E-state index >= 15 is 0 Å². The van der Waals surface area contributed by atoms with Gasteiger partial charge >= 0.3 is 0 Å². The number of morpholine rings is 1. The predicted octanol–water partition coefficient (Wildman–Crippen LogP) is 2.77. The minimum Gasteiger partial charge on any atom is -0.367 e. The minimum atomic E-state index is -0.261. The highest BCUT2D eigenvalue weighted by molar-refractivity contribution is 5.78. The summed E-state index contributed by atoms with van der Waals surface area (Å²) in [6, 6.07) is 6.28. The smallest absolute Gasteiger partial charge is 0.225 e. The Hall–Kier alpha value is -1.42. The van der Waals surface area contributed by atoms with Crippen molar-refractivity contribution < 1.29 is 13.9 Å². The van der Waals surface area contributed by atoms with Crippen LogP contribution in [0.25, 0.3) is 0 Å². The Kier molecular flexibility index (Phi) is 4.20. The molecule has 19 heavy (non-hydrogen) atoms. The summed E-state index contributed by atoms with van der Waals surface area (Å²) in [6.45, 7) is 6.91. The van der Waals surface area contributed by atoms with Crippen LogP contribution in [0.3, 0.4) is 0 Å².